The first-order valence-electron chi connectivity index (χ1n) is 6.68. The zero-order chi connectivity index (χ0) is 14.4. The van der Waals surface area contributed by atoms with Gasteiger partial charge in [0.05, 0.1) is 0 Å². The second-order valence-electron chi connectivity index (χ2n) is 4.74. The number of benzene rings is 1. The molecule has 2 rings (SSSR count). The number of aliphatic carboxylic acids is 1. The first-order chi connectivity index (χ1) is 9.66. The number of hydrogen-bond donors (Lipinski definition) is 1. The molecule has 0 fully saturated rings. The molecular formula is C14H18N4O2. The van der Waals surface area contributed by atoms with Crippen LogP contribution in [0.1, 0.15) is 29.8 Å². The van der Waals surface area contributed by atoms with Crippen molar-refractivity contribution >= 4 is 5.97 Å². The third kappa shape index (κ3) is 3.88. The molecule has 0 unspecified atom stereocenters. The first kappa shape index (κ1) is 14.2. The molecule has 6 nitrogen and oxygen atoms in total. The minimum Gasteiger partial charge on any atom is -0.481 e. The maximum absolute atomic E-state index is 10.5. The highest BCUT2D eigenvalue weighted by atomic mass is 16.4. The Labute approximate surface area is 117 Å². The second-order valence-corrected chi connectivity index (χ2v) is 4.74. The summed E-state index contributed by atoms with van der Waals surface area (Å²) in [6.07, 6.45) is 2.31. The van der Waals surface area contributed by atoms with Crippen LogP contribution < -0.4 is 0 Å². The lowest BCUT2D eigenvalue weighted by atomic mass is 10.0. The minimum atomic E-state index is -0.792. The Bertz CT molecular complexity index is 580. The predicted molar refractivity (Wildman–Crippen MR) is 73.3 cm³/mol. The summed E-state index contributed by atoms with van der Waals surface area (Å²) in [5, 5.41) is 20.2. The van der Waals surface area contributed by atoms with Crippen molar-refractivity contribution in [3.8, 4) is 0 Å². The van der Waals surface area contributed by atoms with Gasteiger partial charge in [0.15, 0.2) is 5.82 Å². The Morgan fingerprint density at radius 3 is 2.85 bits per heavy atom. The molecule has 0 aliphatic carbocycles. The van der Waals surface area contributed by atoms with E-state index in [0.29, 0.717) is 13.0 Å². The van der Waals surface area contributed by atoms with Crippen molar-refractivity contribution in [1.29, 1.82) is 0 Å². The van der Waals surface area contributed by atoms with Crippen molar-refractivity contribution in [1.82, 2.24) is 20.2 Å². The molecule has 106 valence electrons. The van der Waals surface area contributed by atoms with E-state index >= 15 is 0 Å². The van der Waals surface area contributed by atoms with Crippen molar-refractivity contribution in [2.75, 3.05) is 0 Å². The molecule has 1 aromatic carbocycles. The molecule has 0 saturated carbocycles. The molecule has 1 N–H and O–H groups in total. The van der Waals surface area contributed by atoms with Crippen LogP contribution in [0, 0.1) is 6.92 Å². The maximum atomic E-state index is 10.5. The Morgan fingerprint density at radius 1 is 1.30 bits per heavy atom. The molecule has 0 amide bonds. The topological polar surface area (TPSA) is 80.9 Å². The van der Waals surface area contributed by atoms with Gasteiger partial charge < -0.3 is 5.11 Å². The van der Waals surface area contributed by atoms with Gasteiger partial charge in [0.2, 0.25) is 0 Å². The van der Waals surface area contributed by atoms with Crippen LogP contribution in [0.2, 0.25) is 0 Å². The van der Waals surface area contributed by atoms with Gasteiger partial charge >= 0.3 is 5.97 Å². The van der Waals surface area contributed by atoms with Gasteiger partial charge in [0.1, 0.15) is 0 Å². The lowest BCUT2D eigenvalue weighted by molar-refractivity contribution is -0.137. The number of rotatable bonds is 7. The largest absolute Gasteiger partial charge is 0.481 e. The SMILES string of the molecule is Cc1ccccc1CCc1nnnn1CCCC(=O)O. The predicted octanol–water partition coefficient (Wildman–Crippen LogP) is 1.63. The van der Waals surface area contributed by atoms with Gasteiger partial charge in [-0.25, -0.2) is 4.68 Å². The summed E-state index contributed by atoms with van der Waals surface area (Å²) in [6, 6.07) is 8.24. The van der Waals surface area contributed by atoms with E-state index in [4.69, 9.17) is 5.11 Å². The fraction of sp³-hybridized carbons (Fsp3) is 0.429. The molecule has 1 aromatic heterocycles. The molecule has 2 aromatic rings. The molecule has 0 saturated heterocycles. The van der Waals surface area contributed by atoms with Gasteiger partial charge in [-0.05, 0) is 41.3 Å². The van der Waals surface area contributed by atoms with E-state index in [1.165, 1.54) is 11.1 Å². The summed E-state index contributed by atoms with van der Waals surface area (Å²) in [4.78, 5) is 10.5. The smallest absolute Gasteiger partial charge is 0.303 e. The fourth-order valence-electron chi connectivity index (χ4n) is 2.09. The highest BCUT2D eigenvalue weighted by Gasteiger charge is 2.08. The zero-order valence-electron chi connectivity index (χ0n) is 11.5. The molecule has 20 heavy (non-hydrogen) atoms. The minimum absolute atomic E-state index is 0.136. The van der Waals surface area contributed by atoms with Crippen LogP contribution in [-0.2, 0) is 24.2 Å². The summed E-state index contributed by atoms with van der Waals surface area (Å²) in [6.45, 7) is 2.63. The number of carbonyl (C=O) groups is 1. The van der Waals surface area contributed by atoms with Crippen LogP contribution in [0.4, 0.5) is 0 Å². The summed E-state index contributed by atoms with van der Waals surface area (Å²) < 4.78 is 1.70. The van der Waals surface area contributed by atoms with Crippen LogP contribution in [0.5, 0.6) is 0 Å². The molecular weight excluding hydrogens is 256 g/mol. The van der Waals surface area contributed by atoms with Gasteiger partial charge in [-0.1, -0.05) is 24.3 Å². The summed E-state index contributed by atoms with van der Waals surface area (Å²) in [7, 11) is 0. The van der Waals surface area contributed by atoms with E-state index in [2.05, 4.69) is 34.6 Å². The maximum Gasteiger partial charge on any atom is 0.303 e. The average molecular weight is 274 g/mol. The highest BCUT2D eigenvalue weighted by molar-refractivity contribution is 5.66. The molecule has 0 spiro atoms. The van der Waals surface area contributed by atoms with E-state index in [1.54, 1.807) is 4.68 Å². The van der Waals surface area contributed by atoms with Crippen molar-refractivity contribution in [3.63, 3.8) is 0 Å². The molecule has 6 heteroatoms. The summed E-state index contributed by atoms with van der Waals surface area (Å²) in [5.74, 6) is 0.0122. The third-order valence-corrected chi connectivity index (χ3v) is 3.25. The second kappa shape index (κ2) is 6.79. The molecule has 0 atom stereocenters. The number of aryl methyl sites for hydroxylation is 4. The number of nitrogens with zero attached hydrogens (tertiary/aromatic N) is 4. The van der Waals surface area contributed by atoms with Gasteiger partial charge in [0.25, 0.3) is 0 Å². The van der Waals surface area contributed by atoms with Crippen LogP contribution in [-0.4, -0.2) is 31.3 Å². The standard InChI is InChI=1S/C14H18N4O2/c1-11-5-2-3-6-12(11)8-9-13-15-16-17-18(13)10-4-7-14(19)20/h2-3,5-6H,4,7-10H2,1H3,(H,19,20). The summed E-state index contributed by atoms with van der Waals surface area (Å²) >= 11 is 0. The Kier molecular flexibility index (Phi) is 4.81. The first-order valence-corrected chi connectivity index (χ1v) is 6.68. The highest BCUT2D eigenvalue weighted by Crippen LogP contribution is 2.10. The molecule has 0 bridgehead atoms. The Hall–Kier alpha value is -2.24. The third-order valence-electron chi connectivity index (χ3n) is 3.25. The fourth-order valence-corrected chi connectivity index (χ4v) is 2.09. The van der Waals surface area contributed by atoms with Crippen LogP contribution in [0.25, 0.3) is 0 Å². The average Bonchev–Trinajstić information content (AvgIpc) is 2.85. The van der Waals surface area contributed by atoms with Crippen LogP contribution >= 0.6 is 0 Å². The van der Waals surface area contributed by atoms with E-state index in [1.807, 2.05) is 12.1 Å². The van der Waals surface area contributed by atoms with Crippen molar-refractivity contribution in [2.45, 2.75) is 39.2 Å². The normalized spacial score (nSPS) is 10.7. The Balaban J connectivity index is 1.92. The summed E-state index contributed by atoms with van der Waals surface area (Å²) in [5.41, 5.74) is 2.55. The van der Waals surface area contributed by atoms with Crippen molar-refractivity contribution < 1.29 is 9.90 Å². The molecule has 0 aliphatic heterocycles. The van der Waals surface area contributed by atoms with Gasteiger partial charge in [-0.15, -0.1) is 5.10 Å². The lowest BCUT2D eigenvalue weighted by Gasteiger charge is -2.06. The van der Waals surface area contributed by atoms with Gasteiger partial charge in [-0.2, -0.15) is 0 Å². The van der Waals surface area contributed by atoms with Crippen molar-refractivity contribution in [2.24, 2.45) is 0 Å². The van der Waals surface area contributed by atoms with Crippen LogP contribution in [0.15, 0.2) is 24.3 Å². The number of tetrazole rings is 1. The van der Waals surface area contributed by atoms with E-state index in [9.17, 15) is 4.79 Å². The molecule has 0 radical (unpaired) electrons. The number of carboxylic acid groups (broad SMARTS) is 1. The van der Waals surface area contributed by atoms with E-state index in [0.717, 1.165) is 18.7 Å². The van der Waals surface area contributed by atoms with E-state index in [-0.39, 0.29) is 6.42 Å². The van der Waals surface area contributed by atoms with Crippen LogP contribution in [0.3, 0.4) is 0 Å². The zero-order valence-corrected chi connectivity index (χ0v) is 11.5. The lowest BCUT2D eigenvalue weighted by Crippen LogP contribution is -2.09. The molecule has 1 heterocycles. The van der Waals surface area contributed by atoms with E-state index < -0.39 is 5.97 Å². The Morgan fingerprint density at radius 2 is 2.10 bits per heavy atom. The number of hydrogen-bond acceptors (Lipinski definition) is 4. The number of carboxylic acids is 1. The quantitative estimate of drug-likeness (QED) is 0.830. The van der Waals surface area contributed by atoms with Gasteiger partial charge in [0, 0.05) is 19.4 Å². The number of aromatic nitrogens is 4. The van der Waals surface area contributed by atoms with Crippen molar-refractivity contribution in [3.05, 3.63) is 41.2 Å². The van der Waals surface area contributed by atoms with Gasteiger partial charge in [-0.3, -0.25) is 4.79 Å². The molecule has 0 aliphatic rings. The monoisotopic (exact) mass is 274 g/mol.